The minimum absolute atomic E-state index is 0.207. The van der Waals surface area contributed by atoms with Crippen LogP contribution < -0.4 is 15.2 Å². The second-order valence-corrected chi connectivity index (χ2v) is 6.15. The second kappa shape index (κ2) is 9.08. The number of methoxy groups -OCH3 is 3. The highest BCUT2D eigenvalue weighted by molar-refractivity contribution is 6.10. The number of benzene rings is 1. The number of rotatable bonds is 7. The number of fused-ring (bicyclic) bond motifs is 1. The molecular formula is C21H23N5O4. The molecule has 0 aliphatic heterocycles. The number of pyridine rings is 1. The Morgan fingerprint density at radius 3 is 2.43 bits per heavy atom. The SMILES string of the molecule is CCN=CC(=CN)c1cnc2c(c1)ncn2-c1cc(OC)c(C(=O)OC)c(OC)c1. The van der Waals surface area contributed by atoms with E-state index in [2.05, 4.69) is 15.0 Å². The number of carbonyl (C=O) groups is 1. The van der Waals surface area contributed by atoms with Gasteiger partial charge in [0.25, 0.3) is 0 Å². The molecule has 156 valence electrons. The summed E-state index contributed by atoms with van der Waals surface area (Å²) in [6.07, 6.45) is 6.54. The van der Waals surface area contributed by atoms with Gasteiger partial charge in [-0.25, -0.2) is 14.8 Å². The average Bonchev–Trinajstić information content (AvgIpc) is 3.21. The Labute approximate surface area is 173 Å². The Morgan fingerprint density at radius 2 is 1.87 bits per heavy atom. The van der Waals surface area contributed by atoms with Crippen molar-refractivity contribution in [2.24, 2.45) is 10.7 Å². The fourth-order valence-corrected chi connectivity index (χ4v) is 2.99. The number of aliphatic imine (C=N–C) groups is 1. The van der Waals surface area contributed by atoms with E-state index >= 15 is 0 Å². The maximum atomic E-state index is 12.1. The summed E-state index contributed by atoms with van der Waals surface area (Å²) in [4.78, 5) is 25.4. The van der Waals surface area contributed by atoms with E-state index in [4.69, 9.17) is 19.9 Å². The topological polar surface area (TPSA) is 114 Å². The number of carbonyl (C=O) groups excluding carboxylic acids is 1. The number of ether oxygens (including phenoxy) is 3. The fraction of sp³-hybridized carbons (Fsp3) is 0.238. The highest BCUT2D eigenvalue weighted by atomic mass is 16.5. The molecule has 2 aromatic heterocycles. The molecule has 0 saturated carbocycles. The quantitative estimate of drug-likeness (QED) is 0.471. The maximum absolute atomic E-state index is 12.1. The van der Waals surface area contributed by atoms with E-state index in [0.717, 1.165) is 11.1 Å². The van der Waals surface area contributed by atoms with Crippen LogP contribution in [0.1, 0.15) is 22.8 Å². The van der Waals surface area contributed by atoms with Crippen LogP contribution in [0.25, 0.3) is 22.4 Å². The summed E-state index contributed by atoms with van der Waals surface area (Å²) in [6, 6.07) is 5.28. The molecule has 0 aliphatic rings. The zero-order valence-corrected chi connectivity index (χ0v) is 17.2. The fourth-order valence-electron chi connectivity index (χ4n) is 2.99. The first-order chi connectivity index (χ1) is 14.6. The van der Waals surface area contributed by atoms with Crippen LogP contribution in [0.4, 0.5) is 0 Å². The first-order valence-electron chi connectivity index (χ1n) is 9.17. The number of hydrogen-bond acceptors (Lipinski definition) is 8. The first kappa shape index (κ1) is 20.8. The predicted molar refractivity (Wildman–Crippen MR) is 115 cm³/mol. The van der Waals surface area contributed by atoms with E-state index < -0.39 is 5.97 Å². The number of aromatic nitrogens is 3. The van der Waals surface area contributed by atoms with Gasteiger partial charge >= 0.3 is 5.97 Å². The molecule has 3 aromatic rings. The van der Waals surface area contributed by atoms with E-state index in [1.807, 2.05) is 13.0 Å². The van der Waals surface area contributed by atoms with Crippen molar-refractivity contribution in [3.05, 3.63) is 48.1 Å². The van der Waals surface area contributed by atoms with Crippen LogP contribution in [0.15, 0.2) is 41.9 Å². The molecule has 30 heavy (non-hydrogen) atoms. The van der Waals surface area contributed by atoms with Crippen molar-refractivity contribution in [2.45, 2.75) is 6.92 Å². The highest BCUT2D eigenvalue weighted by Crippen LogP contribution is 2.33. The average molecular weight is 409 g/mol. The van der Waals surface area contributed by atoms with Crippen molar-refractivity contribution in [1.29, 1.82) is 0 Å². The predicted octanol–water partition coefficient (Wildman–Crippen LogP) is 2.61. The van der Waals surface area contributed by atoms with Gasteiger partial charge in [-0.2, -0.15) is 0 Å². The van der Waals surface area contributed by atoms with Crippen LogP contribution in [0.3, 0.4) is 0 Å². The zero-order valence-electron chi connectivity index (χ0n) is 17.2. The van der Waals surface area contributed by atoms with Crippen molar-refractivity contribution in [1.82, 2.24) is 14.5 Å². The molecule has 0 fully saturated rings. The molecule has 2 heterocycles. The Morgan fingerprint density at radius 1 is 1.17 bits per heavy atom. The zero-order chi connectivity index (χ0) is 21.7. The molecule has 1 aromatic carbocycles. The van der Waals surface area contributed by atoms with E-state index in [9.17, 15) is 4.79 Å². The molecule has 3 rings (SSSR count). The maximum Gasteiger partial charge on any atom is 0.345 e. The number of hydrogen-bond donors (Lipinski definition) is 1. The van der Waals surface area contributed by atoms with Gasteiger partial charge in [0.05, 0.1) is 27.0 Å². The number of nitrogens with two attached hydrogens (primary N) is 1. The number of nitrogens with zero attached hydrogens (tertiary/aromatic N) is 4. The van der Waals surface area contributed by atoms with Crippen LogP contribution >= 0.6 is 0 Å². The molecule has 0 aliphatic carbocycles. The lowest BCUT2D eigenvalue weighted by Crippen LogP contribution is -2.08. The van der Waals surface area contributed by atoms with Crippen LogP contribution in [0.5, 0.6) is 11.5 Å². The summed E-state index contributed by atoms with van der Waals surface area (Å²) in [7, 11) is 4.25. The monoisotopic (exact) mass is 409 g/mol. The highest BCUT2D eigenvalue weighted by Gasteiger charge is 2.22. The van der Waals surface area contributed by atoms with Crippen LogP contribution in [0, 0.1) is 0 Å². The van der Waals surface area contributed by atoms with Crippen molar-refractivity contribution < 1.29 is 19.0 Å². The molecule has 9 nitrogen and oxygen atoms in total. The van der Waals surface area contributed by atoms with Crippen molar-refractivity contribution in [3.63, 3.8) is 0 Å². The van der Waals surface area contributed by atoms with E-state index in [1.165, 1.54) is 27.5 Å². The number of allylic oxidation sites excluding steroid dienone is 1. The molecular weight excluding hydrogens is 386 g/mol. The number of esters is 1. The van der Waals surface area contributed by atoms with E-state index in [-0.39, 0.29) is 5.56 Å². The summed E-state index contributed by atoms with van der Waals surface area (Å²) >= 11 is 0. The Bertz CT molecular complexity index is 1110. The lowest BCUT2D eigenvalue weighted by atomic mass is 10.1. The van der Waals surface area contributed by atoms with Crippen LogP contribution in [-0.4, -0.2) is 54.6 Å². The van der Waals surface area contributed by atoms with Crippen molar-refractivity contribution in [3.8, 4) is 17.2 Å². The van der Waals surface area contributed by atoms with Gasteiger partial charge in [-0.15, -0.1) is 0 Å². The van der Waals surface area contributed by atoms with Gasteiger partial charge in [-0.05, 0) is 13.0 Å². The summed E-state index contributed by atoms with van der Waals surface area (Å²) in [6.45, 7) is 2.61. The third-order valence-corrected chi connectivity index (χ3v) is 4.47. The largest absolute Gasteiger partial charge is 0.496 e. The molecule has 0 bridgehead atoms. The van der Waals surface area contributed by atoms with Gasteiger partial charge in [-0.1, -0.05) is 0 Å². The van der Waals surface area contributed by atoms with Crippen molar-refractivity contribution >= 4 is 28.9 Å². The lowest BCUT2D eigenvalue weighted by Gasteiger charge is -2.14. The van der Waals surface area contributed by atoms with Crippen LogP contribution in [0.2, 0.25) is 0 Å². The van der Waals surface area contributed by atoms with E-state index in [1.54, 1.807) is 35.4 Å². The normalized spacial score (nSPS) is 11.8. The van der Waals surface area contributed by atoms with Crippen molar-refractivity contribution in [2.75, 3.05) is 27.9 Å². The molecule has 0 saturated heterocycles. The van der Waals surface area contributed by atoms with Gasteiger partial charge in [-0.3, -0.25) is 9.56 Å². The van der Waals surface area contributed by atoms with Gasteiger partial charge < -0.3 is 19.9 Å². The smallest absolute Gasteiger partial charge is 0.345 e. The van der Waals surface area contributed by atoms with Gasteiger partial charge in [0, 0.05) is 48.4 Å². The standard InChI is InChI=1S/C21H23N5O4/c1-5-23-10-14(9-22)13-6-16-20(24-11-13)26(12-25-16)15-7-17(28-2)19(21(27)30-4)18(8-15)29-3/h6-12H,5,22H2,1-4H3. The summed E-state index contributed by atoms with van der Waals surface area (Å²) in [5.74, 6) is 0.0842. The minimum Gasteiger partial charge on any atom is -0.496 e. The Hall–Kier alpha value is -3.88. The molecule has 0 unspecified atom stereocenters. The lowest BCUT2D eigenvalue weighted by molar-refractivity contribution is 0.0593. The molecule has 0 radical (unpaired) electrons. The van der Waals surface area contributed by atoms with Gasteiger partial charge in [0.1, 0.15) is 28.9 Å². The summed E-state index contributed by atoms with van der Waals surface area (Å²) in [5.41, 5.74) is 9.46. The first-order valence-corrected chi connectivity index (χ1v) is 9.17. The van der Waals surface area contributed by atoms with Gasteiger partial charge in [0.15, 0.2) is 5.65 Å². The Balaban J connectivity index is 2.11. The van der Waals surface area contributed by atoms with Crippen LogP contribution in [-0.2, 0) is 4.74 Å². The molecule has 0 amide bonds. The molecule has 2 N–H and O–H groups in total. The third-order valence-electron chi connectivity index (χ3n) is 4.47. The molecule has 0 spiro atoms. The molecule has 0 atom stereocenters. The third kappa shape index (κ3) is 3.82. The minimum atomic E-state index is -0.552. The second-order valence-electron chi connectivity index (χ2n) is 6.15. The Kier molecular flexibility index (Phi) is 6.31. The van der Waals surface area contributed by atoms with E-state index in [0.29, 0.717) is 34.9 Å². The number of imidazole rings is 1. The molecule has 9 heteroatoms. The summed E-state index contributed by atoms with van der Waals surface area (Å²) < 4.78 is 17.4. The van der Waals surface area contributed by atoms with Gasteiger partial charge in [0.2, 0.25) is 0 Å². The summed E-state index contributed by atoms with van der Waals surface area (Å²) in [5, 5.41) is 0.